The lowest BCUT2D eigenvalue weighted by Gasteiger charge is -2.05. The summed E-state index contributed by atoms with van der Waals surface area (Å²) in [5.41, 5.74) is 2.68. The van der Waals surface area contributed by atoms with Crippen LogP contribution in [0, 0.1) is 12.7 Å². The van der Waals surface area contributed by atoms with Crippen molar-refractivity contribution < 1.29 is 9.18 Å². The normalized spacial score (nSPS) is 10.5. The molecule has 3 rings (SSSR count). The number of nitrogens with one attached hydrogen (secondary N) is 1. The minimum Gasteiger partial charge on any atom is -0.305 e. The van der Waals surface area contributed by atoms with Crippen LogP contribution in [0.5, 0.6) is 0 Å². The SMILES string of the molecule is Cc1cccc(CSc2ccc(NC(=O)c3cccc(F)c3)nn2)c1. The molecular formula is C19H16FN3OS. The third kappa shape index (κ3) is 4.87. The van der Waals surface area contributed by atoms with Crippen molar-refractivity contribution in [2.45, 2.75) is 17.7 Å². The predicted octanol–water partition coefficient (Wildman–Crippen LogP) is 4.47. The smallest absolute Gasteiger partial charge is 0.256 e. The zero-order chi connectivity index (χ0) is 17.6. The Labute approximate surface area is 149 Å². The van der Waals surface area contributed by atoms with Gasteiger partial charge in [0.15, 0.2) is 5.82 Å². The maximum Gasteiger partial charge on any atom is 0.256 e. The van der Waals surface area contributed by atoms with Crippen LogP contribution in [-0.4, -0.2) is 16.1 Å². The lowest BCUT2D eigenvalue weighted by Crippen LogP contribution is -2.13. The van der Waals surface area contributed by atoms with Crippen LogP contribution in [0.2, 0.25) is 0 Å². The first kappa shape index (κ1) is 17.1. The van der Waals surface area contributed by atoms with E-state index >= 15 is 0 Å². The standard InChI is InChI=1S/C19H16FN3OS/c1-13-4-2-5-14(10-13)12-25-18-9-8-17(22-23-18)21-19(24)15-6-3-7-16(20)11-15/h2-11H,12H2,1H3,(H,21,22,24). The maximum absolute atomic E-state index is 13.2. The van der Waals surface area contributed by atoms with Crippen molar-refractivity contribution in [3.8, 4) is 0 Å². The summed E-state index contributed by atoms with van der Waals surface area (Å²) in [7, 11) is 0. The number of thioether (sulfide) groups is 1. The molecule has 1 heterocycles. The number of hydrogen-bond acceptors (Lipinski definition) is 4. The van der Waals surface area contributed by atoms with Crippen molar-refractivity contribution in [1.29, 1.82) is 0 Å². The number of benzene rings is 2. The van der Waals surface area contributed by atoms with E-state index in [9.17, 15) is 9.18 Å². The van der Waals surface area contributed by atoms with Gasteiger partial charge in [-0.2, -0.15) is 0 Å². The molecule has 0 unspecified atom stereocenters. The van der Waals surface area contributed by atoms with Crippen molar-refractivity contribution in [3.05, 3.63) is 83.2 Å². The maximum atomic E-state index is 13.2. The molecule has 2 aromatic carbocycles. The van der Waals surface area contributed by atoms with Crippen LogP contribution in [0.25, 0.3) is 0 Å². The largest absolute Gasteiger partial charge is 0.305 e. The van der Waals surface area contributed by atoms with E-state index in [1.165, 1.54) is 35.4 Å². The number of nitrogens with zero attached hydrogens (tertiary/aromatic N) is 2. The first-order valence-electron chi connectivity index (χ1n) is 7.69. The van der Waals surface area contributed by atoms with Gasteiger partial charge < -0.3 is 5.32 Å². The van der Waals surface area contributed by atoms with Gasteiger partial charge in [-0.3, -0.25) is 4.79 Å². The summed E-state index contributed by atoms with van der Waals surface area (Å²) in [5.74, 6) is 0.246. The average molecular weight is 353 g/mol. The summed E-state index contributed by atoms with van der Waals surface area (Å²) in [6.07, 6.45) is 0. The quantitative estimate of drug-likeness (QED) is 0.688. The molecule has 0 atom stereocenters. The van der Waals surface area contributed by atoms with Gasteiger partial charge >= 0.3 is 0 Å². The molecule has 0 aliphatic rings. The molecular weight excluding hydrogens is 337 g/mol. The number of halogens is 1. The van der Waals surface area contributed by atoms with Gasteiger partial charge in [0.25, 0.3) is 5.91 Å². The monoisotopic (exact) mass is 353 g/mol. The topological polar surface area (TPSA) is 54.9 Å². The van der Waals surface area contributed by atoms with E-state index in [0.717, 1.165) is 10.8 Å². The van der Waals surface area contributed by atoms with Crippen LogP contribution in [-0.2, 0) is 5.75 Å². The highest BCUT2D eigenvalue weighted by molar-refractivity contribution is 7.98. The van der Waals surface area contributed by atoms with E-state index < -0.39 is 11.7 Å². The number of rotatable bonds is 5. The number of aromatic nitrogens is 2. The van der Waals surface area contributed by atoms with Gasteiger partial charge in [0.2, 0.25) is 0 Å². The Morgan fingerprint density at radius 2 is 1.92 bits per heavy atom. The minimum absolute atomic E-state index is 0.236. The van der Waals surface area contributed by atoms with Crippen LogP contribution in [0.1, 0.15) is 21.5 Å². The van der Waals surface area contributed by atoms with Crippen molar-refractivity contribution in [1.82, 2.24) is 10.2 Å². The molecule has 1 amide bonds. The number of anilines is 1. The summed E-state index contributed by atoms with van der Waals surface area (Å²) in [5, 5.41) is 11.5. The molecule has 1 aromatic heterocycles. The van der Waals surface area contributed by atoms with Gasteiger partial charge in [0.1, 0.15) is 10.8 Å². The number of carbonyl (C=O) groups is 1. The number of carbonyl (C=O) groups excluding carboxylic acids is 1. The average Bonchev–Trinajstić information content (AvgIpc) is 2.61. The van der Waals surface area contributed by atoms with E-state index in [1.807, 2.05) is 6.07 Å². The second-order valence-corrected chi connectivity index (χ2v) is 6.49. The third-order valence-electron chi connectivity index (χ3n) is 3.44. The molecule has 6 heteroatoms. The first-order chi connectivity index (χ1) is 12.1. The summed E-state index contributed by atoms with van der Waals surface area (Å²) >= 11 is 1.57. The fourth-order valence-corrected chi connectivity index (χ4v) is 3.00. The zero-order valence-corrected chi connectivity index (χ0v) is 14.4. The lowest BCUT2D eigenvalue weighted by atomic mass is 10.2. The van der Waals surface area contributed by atoms with Gasteiger partial charge in [0, 0.05) is 11.3 Å². The first-order valence-corrected chi connectivity index (χ1v) is 8.68. The Morgan fingerprint density at radius 3 is 2.64 bits per heavy atom. The molecule has 3 aromatic rings. The highest BCUT2D eigenvalue weighted by atomic mass is 32.2. The van der Waals surface area contributed by atoms with E-state index in [0.29, 0.717) is 5.82 Å². The van der Waals surface area contributed by atoms with E-state index in [1.54, 1.807) is 23.9 Å². The fourth-order valence-electron chi connectivity index (χ4n) is 2.24. The molecule has 0 radical (unpaired) electrons. The molecule has 0 fully saturated rings. The third-order valence-corrected chi connectivity index (χ3v) is 4.43. The molecule has 0 bridgehead atoms. The highest BCUT2D eigenvalue weighted by Crippen LogP contribution is 2.21. The van der Waals surface area contributed by atoms with Crippen molar-refractivity contribution in [3.63, 3.8) is 0 Å². The lowest BCUT2D eigenvalue weighted by molar-refractivity contribution is 0.102. The van der Waals surface area contributed by atoms with Crippen LogP contribution in [0.15, 0.2) is 65.7 Å². The van der Waals surface area contributed by atoms with Crippen molar-refractivity contribution in [2.24, 2.45) is 0 Å². The van der Waals surface area contributed by atoms with Gasteiger partial charge in [-0.25, -0.2) is 4.39 Å². The van der Waals surface area contributed by atoms with Crippen LogP contribution in [0.3, 0.4) is 0 Å². The summed E-state index contributed by atoms with van der Waals surface area (Å²) < 4.78 is 13.2. The van der Waals surface area contributed by atoms with E-state index in [4.69, 9.17) is 0 Å². The van der Waals surface area contributed by atoms with Crippen LogP contribution < -0.4 is 5.32 Å². The van der Waals surface area contributed by atoms with Gasteiger partial charge in [-0.1, -0.05) is 47.7 Å². The molecule has 126 valence electrons. The molecule has 0 spiro atoms. The zero-order valence-electron chi connectivity index (χ0n) is 13.6. The minimum atomic E-state index is -0.457. The number of aryl methyl sites for hydroxylation is 1. The fraction of sp³-hybridized carbons (Fsp3) is 0.105. The van der Waals surface area contributed by atoms with E-state index in [2.05, 4.69) is 40.6 Å². The van der Waals surface area contributed by atoms with Gasteiger partial charge in [-0.15, -0.1) is 10.2 Å². The summed E-state index contributed by atoms with van der Waals surface area (Å²) in [6, 6.07) is 17.3. The Balaban J connectivity index is 1.59. The van der Waals surface area contributed by atoms with Crippen LogP contribution in [0.4, 0.5) is 10.2 Å². The Bertz CT molecular complexity index is 884. The second-order valence-electron chi connectivity index (χ2n) is 5.50. The summed E-state index contributed by atoms with van der Waals surface area (Å²) in [6.45, 7) is 2.06. The molecule has 1 N–H and O–H groups in total. The molecule has 0 aliphatic carbocycles. The molecule has 0 saturated carbocycles. The molecule has 0 saturated heterocycles. The van der Waals surface area contributed by atoms with E-state index in [-0.39, 0.29) is 5.56 Å². The Hall–Kier alpha value is -2.73. The Kier molecular flexibility index (Phi) is 5.40. The molecule has 25 heavy (non-hydrogen) atoms. The molecule has 0 aliphatic heterocycles. The second kappa shape index (κ2) is 7.90. The van der Waals surface area contributed by atoms with Crippen molar-refractivity contribution >= 4 is 23.5 Å². The number of hydrogen-bond donors (Lipinski definition) is 1. The van der Waals surface area contributed by atoms with Gasteiger partial charge in [-0.05, 0) is 42.8 Å². The van der Waals surface area contributed by atoms with Crippen molar-refractivity contribution in [2.75, 3.05) is 5.32 Å². The predicted molar refractivity (Wildman–Crippen MR) is 97.1 cm³/mol. The highest BCUT2D eigenvalue weighted by Gasteiger charge is 2.08. The van der Waals surface area contributed by atoms with Gasteiger partial charge in [0.05, 0.1) is 0 Å². The summed E-state index contributed by atoms with van der Waals surface area (Å²) in [4.78, 5) is 12.0. The Morgan fingerprint density at radius 1 is 1.08 bits per heavy atom. The van der Waals surface area contributed by atoms with Crippen LogP contribution >= 0.6 is 11.8 Å². The number of amides is 1. The molecule has 4 nitrogen and oxygen atoms in total.